The van der Waals surface area contributed by atoms with Crippen LogP contribution in [-0.2, 0) is 11.3 Å². The Morgan fingerprint density at radius 2 is 1.67 bits per heavy atom. The second-order valence-electron chi connectivity index (χ2n) is 8.94. The number of nitrogens with zero attached hydrogens (tertiary/aromatic N) is 1. The van der Waals surface area contributed by atoms with Crippen LogP contribution < -0.4 is 10.6 Å². The lowest BCUT2D eigenvalue weighted by atomic mass is 9.94. The second-order valence-corrected chi connectivity index (χ2v) is 8.94. The van der Waals surface area contributed by atoms with E-state index in [0.717, 1.165) is 16.3 Å². The Balaban J connectivity index is 1.13. The Hall–Kier alpha value is -4.39. The van der Waals surface area contributed by atoms with Gasteiger partial charge in [-0.3, -0.25) is 14.4 Å². The SMILES string of the molecule is O=C(Nc1cccc(CNC(=O)C2CCN(C(=O)c3cccc4ccccc34)CC2)c1)c1ccco1. The number of nitrogens with one attached hydrogen (secondary N) is 2. The zero-order valence-corrected chi connectivity index (χ0v) is 19.8. The van der Waals surface area contributed by atoms with Crippen molar-refractivity contribution in [3.8, 4) is 0 Å². The monoisotopic (exact) mass is 481 g/mol. The predicted molar refractivity (Wildman–Crippen MR) is 138 cm³/mol. The molecule has 7 heteroatoms. The number of furan rings is 1. The third-order valence-electron chi connectivity index (χ3n) is 6.57. The molecule has 1 saturated heterocycles. The van der Waals surface area contributed by atoms with E-state index in [4.69, 9.17) is 4.42 Å². The summed E-state index contributed by atoms with van der Waals surface area (Å²) in [6.07, 6.45) is 2.70. The van der Waals surface area contributed by atoms with E-state index in [1.165, 1.54) is 6.26 Å². The number of likely N-dealkylation sites (tertiary alicyclic amines) is 1. The van der Waals surface area contributed by atoms with Gasteiger partial charge in [0.25, 0.3) is 11.8 Å². The van der Waals surface area contributed by atoms with E-state index in [-0.39, 0.29) is 29.4 Å². The molecule has 1 aliphatic rings. The van der Waals surface area contributed by atoms with Crippen molar-refractivity contribution in [2.75, 3.05) is 18.4 Å². The molecule has 1 aromatic heterocycles. The van der Waals surface area contributed by atoms with Gasteiger partial charge in [-0.05, 0) is 59.5 Å². The Labute approximate surface area is 209 Å². The molecule has 2 heterocycles. The smallest absolute Gasteiger partial charge is 0.291 e. The van der Waals surface area contributed by atoms with Gasteiger partial charge in [0.1, 0.15) is 0 Å². The van der Waals surface area contributed by atoms with E-state index in [2.05, 4.69) is 10.6 Å². The van der Waals surface area contributed by atoms with Crippen molar-refractivity contribution in [2.24, 2.45) is 5.92 Å². The normalized spacial score (nSPS) is 13.9. The lowest BCUT2D eigenvalue weighted by Crippen LogP contribution is -2.43. The highest BCUT2D eigenvalue weighted by atomic mass is 16.3. The number of piperidine rings is 1. The predicted octanol–water partition coefficient (Wildman–Crippen LogP) is 4.85. The summed E-state index contributed by atoms with van der Waals surface area (Å²) in [5.74, 6) is -0.232. The molecule has 0 unspecified atom stereocenters. The van der Waals surface area contributed by atoms with Gasteiger partial charge in [-0.15, -0.1) is 0 Å². The summed E-state index contributed by atoms with van der Waals surface area (Å²) in [5.41, 5.74) is 2.21. The number of amides is 3. The van der Waals surface area contributed by atoms with Crippen molar-refractivity contribution in [2.45, 2.75) is 19.4 Å². The number of fused-ring (bicyclic) bond motifs is 1. The van der Waals surface area contributed by atoms with Crippen molar-refractivity contribution in [3.63, 3.8) is 0 Å². The molecule has 0 atom stereocenters. The van der Waals surface area contributed by atoms with Crippen LogP contribution in [0.2, 0.25) is 0 Å². The molecule has 182 valence electrons. The Bertz CT molecular complexity index is 1380. The third-order valence-corrected chi connectivity index (χ3v) is 6.57. The van der Waals surface area contributed by atoms with Gasteiger partial charge in [0.05, 0.1) is 6.26 Å². The molecular formula is C29H27N3O4. The molecule has 0 aliphatic carbocycles. The molecule has 4 aromatic rings. The van der Waals surface area contributed by atoms with Gasteiger partial charge in [-0.25, -0.2) is 0 Å². The molecule has 3 aromatic carbocycles. The quantitative estimate of drug-likeness (QED) is 0.412. The molecular weight excluding hydrogens is 454 g/mol. The highest BCUT2D eigenvalue weighted by molar-refractivity contribution is 6.07. The molecule has 1 fully saturated rings. The fourth-order valence-corrected chi connectivity index (χ4v) is 4.62. The minimum atomic E-state index is -0.328. The van der Waals surface area contributed by atoms with Gasteiger partial charge < -0.3 is 20.0 Å². The topological polar surface area (TPSA) is 91.7 Å². The van der Waals surface area contributed by atoms with Crippen molar-refractivity contribution in [1.29, 1.82) is 0 Å². The maximum absolute atomic E-state index is 13.2. The summed E-state index contributed by atoms with van der Waals surface area (Å²) in [6.45, 7) is 1.46. The van der Waals surface area contributed by atoms with Gasteiger partial charge in [-0.1, -0.05) is 48.5 Å². The molecule has 2 N–H and O–H groups in total. The number of carbonyl (C=O) groups is 3. The first-order valence-corrected chi connectivity index (χ1v) is 12.1. The summed E-state index contributed by atoms with van der Waals surface area (Å²) in [4.78, 5) is 40.0. The van der Waals surface area contributed by atoms with Crippen LogP contribution in [0.15, 0.2) is 89.5 Å². The van der Waals surface area contributed by atoms with Crippen LogP contribution in [0.3, 0.4) is 0 Å². The Morgan fingerprint density at radius 3 is 2.47 bits per heavy atom. The highest BCUT2D eigenvalue weighted by Gasteiger charge is 2.28. The molecule has 36 heavy (non-hydrogen) atoms. The van der Waals surface area contributed by atoms with Crippen LogP contribution in [0, 0.1) is 5.92 Å². The number of rotatable bonds is 6. The largest absolute Gasteiger partial charge is 0.459 e. The zero-order chi connectivity index (χ0) is 24.9. The summed E-state index contributed by atoms with van der Waals surface area (Å²) in [5, 5.41) is 7.79. The summed E-state index contributed by atoms with van der Waals surface area (Å²) < 4.78 is 5.12. The minimum Gasteiger partial charge on any atom is -0.459 e. The van der Waals surface area contributed by atoms with E-state index in [1.54, 1.807) is 18.2 Å². The fraction of sp³-hybridized carbons (Fsp3) is 0.207. The Kier molecular flexibility index (Phi) is 6.80. The van der Waals surface area contributed by atoms with Crippen LogP contribution in [0.5, 0.6) is 0 Å². The molecule has 0 spiro atoms. The lowest BCUT2D eigenvalue weighted by molar-refractivity contribution is -0.126. The molecule has 0 bridgehead atoms. The van der Waals surface area contributed by atoms with Crippen LogP contribution in [0.4, 0.5) is 5.69 Å². The molecule has 0 radical (unpaired) electrons. The van der Waals surface area contributed by atoms with E-state index in [0.29, 0.717) is 43.7 Å². The summed E-state index contributed by atoms with van der Waals surface area (Å²) >= 11 is 0. The molecule has 5 rings (SSSR count). The number of hydrogen-bond donors (Lipinski definition) is 2. The first-order valence-electron chi connectivity index (χ1n) is 12.1. The third kappa shape index (κ3) is 5.15. The number of carbonyl (C=O) groups excluding carboxylic acids is 3. The van der Waals surface area contributed by atoms with E-state index >= 15 is 0 Å². The lowest BCUT2D eigenvalue weighted by Gasteiger charge is -2.31. The van der Waals surface area contributed by atoms with Gasteiger partial charge in [0.15, 0.2) is 5.76 Å². The Morgan fingerprint density at radius 1 is 0.889 bits per heavy atom. The van der Waals surface area contributed by atoms with E-state index in [9.17, 15) is 14.4 Å². The van der Waals surface area contributed by atoms with Crippen LogP contribution in [-0.4, -0.2) is 35.7 Å². The average molecular weight is 482 g/mol. The van der Waals surface area contributed by atoms with Crippen LogP contribution in [0.1, 0.15) is 39.3 Å². The molecule has 7 nitrogen and oxygen atoms in total. The van der Waals surface area contributed by atoms with E-state index < -0.39 is 0 Å². The van der Waals surface area contributed by atoms with Gasteiger partial charge in [-0.2, -0.15) is 0 Å². The maximum Gasteiger partial charge on any atom is 0.291 e. The average Bonchev–Trinajstić information content (AvgIpc) is 3.47. The van der Waals surface area contributed by atoms with E-state index in [1.807, 2.05) is 65.6 Å². The second kappa shape index (κ2) is 10.5. The summed E-state index contributed by atoms with van der Waals surface area (Å²) in [6, 6.07) is 24.3. The van der Waals surface area contributed by atoms with Gasteiger partial charge in [0, 0.05) is 36.8 Å². The number of benzene rings is 3. The van der Waals surface area contributed by atoms with Crippen molar-refractivity contribution >= 4 is 34.2 Å². The fourth-order valence-electron chi connectivity index (χ4n) is 4.62. The molecule has 3 amide bonds. The number of hydrogen-bond acceptors (Lipinski definition) is 4. The minimum absolute atomic E-state index is 0.0130. The van der Waals surface area contributed by atoms with Gasteiger partial charge >= 0.3 is 0 Å². The molecule has 0 saturated carbocycles. The van der Waals surface area contributed by atoms with Crippen molar-refractivity contribution in [1.82, 2.24) is 10.2 Å². The van der Waals surface area contributed by atoms with Gasteiger partial charge in [0.2, 0.25) is 5.91 Å². The number of anilines is 1. The van der Waals surface area contributed by atoms with Crippen molar-refractivity contribution in [3.05, 3.63) is 102 Å². The van der Waals surface area contributed by atoms with Crippen LogP contribution in [0.25, 0.3) is 10.8 Å². The standard InChI is InChI=1S/C29H27N3O4/c33-27(30-19-20-6-3-9-23(18-20)31-28(34)26-12-5-17-36-26)22-13-15-32(16-14-22)29(35)25-11-4-8-21-7-1-2-10-24(21)25/h1-12,17-18,22H,13-16,19H2,(H,30,33)(H,31,34). The molecule has 1 aliphatic heterocycles. The first-order chi connectivity index (χ1) is 17.6. The van der Waals surface area contributed by atoms with Crippen LogP contribution >= 0.6 is 0 Å². The first kappa shape index (κ1) is 23.4. The summed E-state index contributed by atoms with van der Waals surface area (Å²) in [7, 11) is 0. The maximum atomic E-state index is 13.2. The zero-order valence-electron chi connectivity index (χ0n) is 19.8. The highest BCUT2D eigenvalue weighted by Crippen LogP contribution is 2.24. The van der Waals surface area contributed by atoms with Crippen molar-refractivity contribution < 1.29 is 18.8 Å².